The van der Waals surface area contributed by atoms with E-state index in [1.54, 1.807) is 6.21 Å². The molecule has 1 aromatic carbocycles. The van der Waals surface area contributed by atoms with Crippen molar-refractivity contribution in [3.63, 3.8) is 0 Å². The lowest BCUT2D eigenvalue weighted by Gasteiger charge is -2.03. The first-order chi connectivity index (χ1) is 6.24. The summed E-state index contributed by atoms with van der Waals surface area (Å²) in [4.78, 5) is 0. The van der Waals surface area contributed by atoms with Gasteiger partial charge in [0.2, 0.25) is 0 Å². The highest BCUT2D eigenvalue weighted by atomic mass is 15.2. The standard InChI is InChI=1S/C11H14N2/c1-9(2)11-6-4-10(5-7-11)8-13-12-3/h4-9H,3H2,1-2H3. The fourth-order valence-corrected chi connectivity index (χ4v) is 1.07. The highest BCUT2D eigenvalue weighted by Crippen LogP contribution is 2.13. The maximum atomic E-state index is 3.71. The molecule has 0 unspecified atom stereocenters. The van der Waals surface area contributed by atoms with Gasteiger partial charge in [0.15, 0.2) is 0 Å². The van der Waals surface area contributed by atoms with Gasteiger partial charge in [0.25, 0.3) is 0 Å². The summed E-state index contributed by atoms with van der Waals surface area (Å²) in [5.74, 6) is 0.573. The minimum Gasteiger partial charge on any atom is -0.167 e. The largest absolute Gasteiger partial charge is 0.167 e. The van der Waals surface area contributed by atoms with Crippen LogP contribution in [0, 0.1) is 0 Å². The Hall–Kier alpha value is -1.44. The average molecular weight is 174 g/mol. The van der Waals surface area contributed by atoms with Crippen molar-refractivity contribution in [2.24, 2.45) is 10.2 Å². The van der Waals surface area contributed by atoms with Gasteiger partial charge in [0, 0.05) is 6.72 Å². The fraction of sp³-hybridized carbons (Fsp3) is 0.273. The topological polar surface area (TPSA) is 24.7 Å². The van der Waals surface area contributed by atoms with Crippen molar-refractivity contribution in [3.05, 3.63) is 35.4 Å². The second kappa shape index (κ2) is 4.55. The Morgan fingerprint density at radius 3 is 2.31 bits per heavy atom. The van der Waals surface area contributed by atoms with Gasteiger partial charge in [-0.15, -0.1) is 0 Å². The molecule has 0 radical (unpaired) electrons. The third-order valence-electron chi connectivity index (χ3n) is 1.89. The molecule has 0 bridgehead atoms. The Morgan fingerprint density at radius 1 is 1.23 bits per heavy atom. The van der Waals surface area contributed by atoms with Gasteiger partial charge in [-0.3, -0.25) is 0 Å². The lowest BCUT2D eigenvalue weighted by atomic mass is 10.0. The van der Waals surface area contributed by atoms with Crippen molar-refractivity contribution >= 4 is 12.9 Å². The second-order valence-electron chi connectivity index (χ2n) is 3.21. The van der Waals surface area contributed by atoms with E-state index >= 15 is 0 Å². The molecule has 0 aliphatic carbocycles. The molecule has 2 heteroatoms. The van der Waals surface area contributed by atoms with E-state index in [4.69, 9.17) is 0 Å². The molecule has 0 saturated heterocycles. The van der Waals surface area contributed by atoms with E-state index in [0.29, 0.717) is 5.92 Å². The molecule has 0 aliphatic rings. The number of rotatable bonds is 3. The van der Waals surface area contributed by atoms with Crippen LogP contribution in [0.3, 0.4) is 0 Å². The Balaban J connectivity index is 2.81. The summed E-state index contributed by atoms with van der Waals surface area (Å²) >= 11 is 0. The van der Waals surface area contributed by atoms with E-state index in [9.17, 15) is 0 Å². The van der Waals surface area contributed by atoms with Gasteiger partial charge in [0.05, 0.1) is 6.21 Å². The van der Waals surface area contributed by atoms with Gasteiger partial charge in [-0.25, -0.2) is 0 Å². The zero-order chi connectivity index (χ0) is 9.68. The van der Waals surface area contributed by atoms with Crippen molar-refractivity contribution in [1.29, 1.82) is 0 Å². The first-order valence-electron chi connectivity index (χ1n) is 4.33. The van der Waals surface area contributed by atoms with Gasteiger partial charge >= 0.3 is 0 Å². The fourth-order valence-electron chi connectivity index (χ4n) is 1.07. The first-order valence-corrected chi connectivity index (χ1v) is 4.33. The molecule has 0 amide bonds. The van der Waals surface area contributed by atoms with Crippen LogP contribution in [-0.2, 0) is 0 Å². The Labute approximate surface area is 79.0 Å². The minimum atomic E-state index is 0.573. The van der Waals surface area contributed by atoms with Gasteiger partial charge in [-0.2, -0.15) is 10.2 Å². The SMILES string of the molecule is C=NN=Cc1ccc(C(C)C)cc1. The molecule has 1 aromatic rings. The second-order valence-corrected chi connectivity index (χ2v) is 3.21. The molecule has 0 saturated carbocycles. The zero-order valence-electron chi connectivity index (χ0n) is 8.07. The van der Waals surface area contributed by atoms with Gasteiger partial charge < -0.3 is 0 Å². The van der Waals surface area contributed by atoms with E-state index in [1.165, 1.54) is 5.56 Å². The van der Waals surface area contributed by atoms with E-state index in [1.807, 2.05) is 12.1 Å². The van der Waals surface area contributed by atoms with Crippen molar-refractivity contribution in [3.8, 4) is 0 Å². The summed E-state index contributed by atoms with van der Waals surface area (Å²) in [5.41, 5.74) is 2.39. The van der Waals surface area contributed by atoms with Crippen molar-refractivity contribution < 1.29 is 0 Å². The predicted molar refractivity (Wildman–Crippen MR) is 57.7 cm³/mol. The summed E-state index contributed by atoms with van der Waals surface area (Å²) in [6, 6.07) is 8.28. The zero-order valence-corrected chi connectivity index (χ0v) is 8.07. The van der Waals surface area contributed by atoms with Crippen LogP contribution < -0.4 is 0 Å². The molecule has 0 N–H and O–H groups in total. The Morgan fingerprint density at radius 2 is 1.85 bits per heavy atom. The predicted octanol–water partition coefficient (Wildman–Crippen LogP) is 2.84. The van der Waals surface area contributed by atoms with E-state index in [2.05, 4.69) is 42.9 Å². The van der Waals surface area contributed by atoms with Crippen molar-refractivity contribution in [2.45, 2.75) is 19.8 Å². The lowest BCUT2D eigenvalue weighted by molar-refractivity contribution is 0.866. The molecule has 2 nitrogen and oxygen atoms in total. The van der Waals surface area contributed by atoms with Crippen LogP contribution in [0.2, 0.25) is 0 Å². The van der Waals surface area contributed by atoms with Crippen LogP contribution in [0.5, 0.6) is 0 Å². The lowest BCUT2D eigenvalue weighted by Crippen LogP contribution is -1.87. The van der Waals surface area contributed by atoms with E-state index < -0.39 is 0 Å². The normalized spacial score (nSPS) is 11.0. The van der Waals surface area contributed by atoms with Crippen LogP contribution >= 0.6 is 0 Å². The molecule has 1 rings (SSSR count). The molecule has 0 spiro atoms. The molecule has 0 aromatic heterocycles. The molecule has 68 valence electrons. The summed E-state index contributed by atoms with van der Waals surface area (Å²) in [7, 11) is 0. The molecular formula is C11H14N2. The highest BCUT2D eigenvalue weighted by Gasteiger charge is 1.96. The van der Waals surface area contributed by atoms with Crippen molar-refractivity contribution in [1.82, 2.24) is 0 Å². The molecule has 13 heavy (non-hydrogen) atoms. The van der Waals surface area contributed by atoms with Crippen LogP contribution in [0.1, 0.15) is 30.9 Å². The highest BCUT2D eigenvalue weighted by molar-refractivity contribution is 5.79. The molecule has 0 atom stereocenters. The van der Waals surface area contributed by atoms with Gasteiger partial charge in [0.1, 0.15) is 0 Å². The maximum Gasteiger partial charge on any atom is 0.0567 e. The number of hydrogen-bond donors (Lipinski definition) is 0. The quantitative estimate of drug-likeness (QED) is 0.497. The number of benzene rings is 1. The number of hydrogen-bond acceptors (Lipinski definition) is 2. The Kier molecular flexibility index (Phi) is 3.38. The summed E-state index contributed by atoms with van der Waals surface area (Å²) in [6.45, 7) is 7.62. The van der Waals surface area contributed by atoms with E-state index in [0.717, 1.165) is 5.56 Å². The molecule has 0 fully saturated rings. The summed E-state index contributed by atoms with van der Waals surface area (Å²) < 4.78 is 0. The summed E-state index contributed by atoms with van der Waals surface area (Å²) in [5, 5.41) is 7.11. The molecule has 0 aliphatic heterocycles. The van der Waals surface area contributed by atoms with E-state index in [-0.39, 0.29) is 0 Å². The van der Waals surface area contributed by atoms with Gasteiger partial charge in [-0.05, 0) is 17.0 Å². The number of nitrogens with zero attached hydrogens (tertiary/aromatic N) is 2. The third kappa shape index (κ3) is 2.82. The molecule has 0 heterocycles. The van der Waals surface area contributed by atoms with Crippen LogP contribution in [0.15, 0.2) is 34.5 Å². The van der Waals surface area contributed by atoms with Crippen LogP contribution in [0.4, 0.5) is 0 Å². The third-order valence-corrected chi connectivity index (χ3v) is 1.89. The van der Waals surface area contributed by atoms with Crippen molar-refractivity contribution in [2.75, 3.05) is 0 Å². The average Bonchev–Trinajstić information content (AvgIpc) is 2.15. The van der Waals surface area contributed by atoms with Crippen LogP contribution in [-0.4, -0.2) is 12.9 Å². The minimum absolute atomic E-state index is 0.573. The monoisotopic (exact) mass is 174 g/mol. The summed E-state index contributed by atoms with van der Waals surface area (Å²) in [6.07, 6.45) is 1.69. The maximum absolute atomic E-state index is 3.71. The first kappa shape index (κ1) is 9.65. The van der Waals surface area contributed by atoms with Gasteiger partial charge in [-0.1, -0.05) is 38.1 Å². The molecular weight excluding hydrogens is 160 g/mol. The Bertz CT molecular complexity index is 296. The smallest absolute Gasteiger partial charge is 0.0567 e. The van der Waals surface area contributed by atoms with Crippen LogP contribution in [0.25, 0.3) is 0 Å².